The molecule has 0 aliphatic carbocycles. The molecule has 0 radical (unpaired) electrons. The zero-order valence-electron chi connectivity index (χ0n) is 14.0. The van der Waals surface area contributed by atoms with E-state index in [1.165, 1.54) is 23.8 Å². The van der Waals surface area contributed by atoms with Crippen LogP contribution < -0.4 is 9.64 Å². The lowest BCUT2D eigenvalue weighted by atomic mass is 10.00. The first kappa shape index (κ1) is 17.1. The normalized spacial score (nSPS) is 22.3. The molecular formula is C17H23FN3O2S+. The summed E-state index contributed by atoms with van der Waals surface area (Å²) in [7, 11) is 0. The molecule has 1 saturated heterocycles. The predicted molar refractivity (Wildman–Crippen MR) is 89.9 cm³/mol. The van der Waals surface area contributed by atoms with Crippen molar-refractivity contribution in [3.05, 3.63) is 40.8 Å². The van der Waals surface area contributed by atoms with Gasteiger partial charge in [0.15, 0.2) is 24.3 Å². The Labute approximate surface area is 146 Å². The van der Waals surface area contributed by atoms with Crippen LogP contribution in [0.25, 0.3) is 0 Å². The number of benzene rings is 1. The molecule has 2 heterocycles. The number of hydrogen-bond donors (Lipinski definition) is 1. The van der Waals surface area contributed by atoms with Gasteiger partial charge in [0.05, 0.1) is 13.1 Å². The van der Waals surface area contributed by atoms with Crippen LogP contribution in [0.1, 0.15) is 38.7 Å². The maximum absolute atomic E-state index is 13.7. The van der Waals surface area contributed by atoms with Crippen molar-refractivity contribution in [2.24, 2.45) is 5.92 Å². The molecule has 1 aliphatic rings. The van der Waals surface area contributed by atoms with Crippen molar-refractivity contribution < 1.29 is 18.4 Å². The number of nitrogens with one attached hydrogen (secondary N) is 1. The molecule has 5 nitrogen and oxygen atoms in total. The van der Waals surface area contributed by atoms with E-state index in [1.54, 1.807) is 29.8 Å². The van der Waals surface area contributed by atoms with Crippen LogP contribution in [-0.4, -0.2) is 22.9 Å². The lowest BCUT2D eigenvalue weighted by Gasteiger charge is -2.26. The van der Waals surface area contributed by atoms with Gasteiger partial charge in [-0.25, -0.2) is 4.39 Å². The Balaban J connectivity index is 1.67. The zero-order valence-corrected chi connectivity index (χ0v) is 14.8. The summed E-state index contributed by atoms with van der Waals surface area (Å²) >= 11 is 5.26. The molecule has 0 amide bonds. The number of piperidine rings is 1. The molecule has 24 heavy (non-hydrogen) atoms. The van der Waals surface area contributed by atoms with Gasteiger partial charge < -0.3 is 14.1 Å². The Kier molecular flexibility index (Phi) is 5.30. The summed E-state index contributed by atoms with van der Waals surface area (Å²) in [6.07, 6.45) is 1.93. The lowest BCUT2D eigenvalue weighted by molar-refractivity contribution is -0.929. The van der Waals surface area contributed by atoms with Gasteiger partial charge in [0.1, 0.15) is 0 Å². The van der Waals surface area contributed by atoms with Crippen molar-refractivity contribution in [3.8, 4) is 5.75 Å². The molecule has 1 aromatic heterocycles. The number of halogens is 1. The first-order valence-corrected chi connectivity index (χ1v) is 8.76. The molecule has 0 saturated carbocycles. The van der Waals surface area contributed by atoms with Crippen LogP contribution in [0.2, 0.25) is 0 Å². The number of hydrogen-bond acceptors (Lipinski definition) is 4. The van der Waals surface area contributed by atoms with Crippen molar-refractivity contribution in [1.82, 2.24) is 9.78 Å². The third-order valence-corrected chi connectivity index (χ3v) is 4.76. The standard InChI is InChI=1S/C17H22FN3O2S/c1-12-7-9-20(10-8-12)11-21-17(24)23-16(19-21)13(2)22-15-6-4-3-5-14(15)18/h3-6,12-13H,7-11H2,1-2H3/p+1/t13-/m1/s1. The van der Waals surface area contributed by atoms with E-state index in [1.807, 2.05) is 0 Å². The second-order valence-electron chi connectivity index (χ2n) is 6.49. The average molecular weight is 352 g/mol. The largest absolute Gasteiger partial charge is 0.478 e. The highest BCUT2D eigenvalue weighted by Crippen LogP contribution is 2.23. The molecule has 1 atom stereocenters. The number of ether oxygens (including phenoxy) is 1. The predicted octanol–water partition coefficient (Wildman–Crippen LogP) is 2.76. The Hall–Kier alpha value is -1.73. The summed E-state index contributed by atoms with van der Waals surface area (Å²) in [4.78, 5) is 1.78. The first-order chi connectivity index (χ1) is 11.5. The van der Waals surface area contributed by atoms with E-state index >= 15 is 0 Å². The minimum Gasteiger partial charge on any atom is -0.478 e. The molecule has 1 aliphatic heterocycles. The Morgan fingerprint density at radius 3 is 2.83 bits per heavy atom. The second-order valence-corrected chi connectivity index (χ2v) is 6.84. The highest BCUT2D eigenvalue weighted by Gasteiger charge is 2.22. The fourth-order valence-corrected chi connectivity index (χ4v) is 3.10. The molecule has 0 unspecified atom stereocenters. The van der Waals surface area contributed by atoms with E-state index in [0.29, 0.717) is 17.4 Å². The highest BCUT2D eigenvalue weighted by atomic mass is 32.1. The van der Waals surface area contributed by atoms with Gasteiger partial charge in [0.25, 0.3) is 10.7 Å². The van der Waals surface area contributed by atoms with Gasteiger partial charge in [0.2, 0.25) is 0 Å². The van der Waals surface area contributed by atoms with Gasteiger partial charge in [-0.2, -0.15) is 4.68 Å². The van der Waals surface area contributed by atoms with Crippen molar-refractivity contribution in [2.75, 3.05) is 13.1 Å². The molecule has 3 rings (SSSR count). The summed E-state index contributed by atoms with van der Waals surface area (Å²) in [6.45, 7) is 6.99. The van der Waals surface area contributed by atoms with Crippen LogP contribution >= 0.6 is 12.2 Å². The Morgan fingerprint density at radius 1 is 1.42 bits per heavy atom. The van der Waals surface area contributed by atoms with Gasteiger partial charge in [0, 0.05) is 0 Å². The Morgan fingerprint density at radius 2 is 2.12 bits per heavy atom. The second kappa shape index (κ2) is 7.44. The summed E-state index contributed by atoms with van der Waals surface area (Å²) in [5.41, 5.74) is 0. The highest BCUT2D eigenvalue weighted by molar-refractivity contribution is 7.71. The van der Waals surface area contributed by atoms with E-state index in [2.05, 4.69) is 12.0 Å². The molecule has 1 fully saturated rings. The molecule has 2 aromatic rings. The molecule has 130 valence electrons. The van der Waals surface area contributed by atoms with Crippen molar-refractivity contribution in [1.29, 1.82) is 0 Å². The third kappa shape index (κ3) is 4.02. The minimum absolute atomic E-state index is 0.177. The molecular weight excluding hydrogens is 329 g/mol. The number of aromatic nitrogens is 2. The van der Waals surface area contributed by atoms with Crippen LogP contribution in [0.5, 0.6) is 5.75 Å². The van der Waals surface area contributed by atoms with Crippen molar-refractivity contribution in [3.63, 3.8) is 0 Å². The maximum atomic E-state index is 13.7. The number of para-hydroxylation sites is 1. The van der Waals surface area contributed by atoms with Gasteiger partial charge in [-0.3, -0.25) is 0 Å². The van der Waals surface area contributed by atoms with Crippen LogP contribution in [0.3, 0.4) is 0 Å². The number of quaternary nitrogens is 1. The van der Waals surface area contributed by atoms with Crippen molar-refractivity contribution >= 4 is 12.2 Å². The molecule has 7 heteroatoms. The summed E-state index contributed by atoms with van der Waals surface area (Å²) in [5.74, 6) is 0.933. The molecule has 1 aromatic carbocycles. The van der Waals surface area contributed by atoms with Crippen LogP contribution in [0.4, 0.5) is 4.39 Å². The maximum Gasteiger partial charge on any atom is 0.292 e. The summed E-state index contributed by atoms with van der Waals surface area (Å²) in [5, 5.41) is 4.43. The van der Waals surface area contributed by atoms with Crippen LogP contribution in [-0.2, 0) is 6.67 Å². The van der Waals surface area contributed by atoms with Crippen molar-refractivity contribution in [2.45, 2.75) is 39.5 Å². The fraction of sp³-hybridized carbons (Fsp3) is 0.529. The van der Waals surface area contributed by atoms with Crippen LogP contribution in [0.15, 0.2) is 28.7 Å². The van der Waals surface area contributed by atoms with E-state index < -0.39 is 11.9 Å². The lowest BCUT2D eigenvalue weighted by Crippen LogP contribution is -3.12. The molecule has 1 N–H and O–H groups in total. The number of nitrogens with zero attached hydrogens (tertiary/aromatic N) is 2. The smallest absolute Gasteiger partial charge is 0.292 e. The fourth-order valence-electron chi connectivity index (χ4n) is 2.91. The van der Waals surface area contributed by atoms with Gasteiger partial charge in [-0.05, 0) is 50.0 Å². The molecule has 0 bridgehead atoms. The van der Waals surface area contributed by atoms with E-state index in [-0.39, 0.29) is 5.75 Å². The number of likely N-dealkylation sites (tertiary alicyclic amines) is 1. The third-order valence-electron chi connectivity index (χ3n) is 4.46. The molecule has 0 spiro atoms. The topological polar surface area (TPSA) is 44.6 Å². The Bertz CT molecular complexity index is 737. The first-order valence-electron chi connectivity index (χ1n) is 8.35. The SMILES string of the molecule is CC1CC[NH+](Cn2nc([C@@H](C)Oc3ccccc3F)oc2=S)CC1. The zero-order chi connectivity index (χ0) is 17.1. The number of rotatable bonds is 5. The van der Waals surface area contributed by atoms with E-state index in [0.717, 1.165) is 19.0 Å². The minimum atomic E-state index is -0.513. The van der Waals surface area contributed by atoms with Crippen LogP contribution in [0, 0.1) is 16.6 Å². The average Bonchev–Trinajstić information content (AvgIpc) is 2.93. The van der Waals surface area contributed by atoms with Gasteiger partial charge >= 0.3 is 0 Å². The monoisotopic (exact) mass is 352 g/mol. The van der Waals surface area contributed by atoms with E-state index in [4.69, 9.17) is 21.4 Å². The van der Waals surface area contributed by atoms with E-state index in [9.17, 15) is 4.39 Å². The summed E-state index contributed by atoms with van der Waals surface area (Å²) in [6, 6.07) is 6.28. The van der Waals surface area contributed by atoms with Gasteiger partial charge in [-0.15, -0.1) is 5.10 Å². The summed E-state index contributed by atoms with van der Waals surface area (Å²) < 4.78 is 26.6. The quantitative estimate of drug-likeness (QED) is 0.841. The van der Waals surface area contributed by atoms with Gasteiger partial charge in [-0.1, -0.05) is 19.1 Å².